The van der Waals surface area contributed by atoms with E-state index >= 15 is 0 Å². The average molecular weight is 179 g/mol. The molecule has 0 bridgehead atoms. The zero-order chi connectivity index (χ0) is 9.84. The minimum atomic E-state index is 0.196. The fraction of sp³-hybridized carbons (Fsp3) is 0.500. The van der Waals surface area contributed by atoms with Crippen LogP contribution < -0.4 is 11.5 Å². The van der Waals surface area contributed by atoms with Crippen LogP contribution in [0.25, 0.3) is 0 Å². The van der Waals surface area contributed by atoms with Crippen molar-refractivity contribution in [3.8, 4) is 0 Å². The molecule has 0 fully saturated rings. The van der Waals surface area contributed by atoms with Crippen molar-refractivity contribution in [3.63, 3.8) is 0 Å². The van der Waals surface area contributed by atoms with Crippen LogP contribution in [0.15, 0.2) is 18.3 Å². The molecular formula is C10H17N3. The highest BCUT2D eigenvalue weighted by molar-refractivity contribution is 5.32. The summed E-state index contributed by atoms with van der Waals surface area (Å²) < 4.78 is 0. The molecule has 1 aromatic rings. The van der Waals surface area contributed by atoms with Gasteiger partial charge in [-0.1, -0.05) is 13.8 Å². The second-order valence-electron chi connectivity index (χ2n) is 3.70. The van der Waals surface area contributed by atoms with E-state index < -0.39 is 0 Å². The number of pyridine rings is 1. The van der Waals surface area contributed by atoms with E-state index in [2.05, 4.69) is 18.8 Å². The van der Waals surface area contributed by atoms with E-state index in [0.717, 1.165) is 12.0 Å². The van der Waals surface area contributed by atoms with Crippen molar-refractivity contribution in [2.45, 2.75) is 26.3 Å². The number of nitrogens with two attached hydrogens (primary N) is 2. The Balaban J connectivity index is 2.64. The van der Waals surface area contributed by atoms with Crippen LogP contribution in [0.3, 0.4) is 0 Å². The minimum absolute atomic E-state index is 0.196. The van der Waals surface area contributed by atoms with Crippen molar-refractivity contribution >= 4 is 5.82 Å². The van der Waals surface area contributed by atoms with E-state index in [1.807, 2.05) is 12.1 Å². The molecule has 0 spiro atoms. The lowest BCUT2D eigenvalue weighted by molar-refractivity contribution is 0.490. The summed E-state index contributed by atoms with van der Waals surface area (Å²) >= 11 is 0. The van der Waals surface area contributed by atoms with Gasteiger partial charge in [0.15, 0.2) is 0 Å². The van der Waals surface area contributed by atoms with E-state index in [1.54, 1.807) is 6.20 Å². The molecule has 0 aliphatic rings. The van der Waals surface area contributed by atoms with E-state index in [9.17, 15) is 0 Å². The van der Waals surface area contributed by atoms with Gasteiger partial charge in [-0.2, -0.15) is 0 Å². The smallest absolute Gasteiger partial charge is 0.123 e. The van der Waals surface area contributed by atoms with Crippen LogP contribution in [-0.4, -0.2) is 11.0 Å². The quantitative estimate of drug-likeness (QED) is 0.732. The minimum Gasteiger partial charge on any atom is -0.384 e. The normalized spacial score (nSPS) is 13.2. The maximum Gasteiger partial charge on any atom is 0.123 e. The Morgan fingerprint density at radius 3 is 2.69 bits per heavy atom. The third kappa shape index (κ3) is 3.03. The molecule has 0 saturated heterocycles. The van der Waals surface area contributed by atoms with Gasteiger partial charge >= 0.3 is 0 Å². The maximum absolute atomic E-state index is 5.94. The van der Waals surface area contributed by atoms with Gasteiger partial charge in [-0.05, 0) is 30.0 Å². The van der Waals surface area contributed by atoms with Crippen molar-refractivity contribution in [1.82, 2.24) is 4.98 Å². The van der Waals surface area contributed by atoms with Gasteiger partial charge in [-0.15, -0.1) is 0 Å². The highest BCUT2D eigenvalue weighted by Gasteiger charge is 2.08. The summed E-state index contributed by atoms with van der Waals surface area (Å²) in [5, 5.41) is 0. The first-order chi connectivity index (χ1) is 6.09. The molecule has 3 heteroatoms. The number of aromatic nitrogens is 1. The molecule has 13 heavy (non-hydrogen) atoms. The number of rotatable bonds is 3. The number of anilines is 1. The molecule has 0 aromatic carbocycles. The lowest BCUT2D eigenvalue weighted by Crippen LogP contribution is -2.28. The fourth-order valence-electron chi connectivity index (χ4n) is 1.13. The van der Waals surface area contributed by atoms with E-state index in [0.29, 0.717) is 11.7 Å². The Kier molecular flexibility index (Phi) is 3.25. The SMILES string of the molecule is CC(C)C(N)Cc1ccnc(N)c1. The van der Waals surface area contributed by atoms with Crippen molar-refractivity contribution in [2.75, 3.05) is 5.73 Å². The van der Waals surface area contributed by atoms with Crippen LogP contribution >= 0.6 is 0 Å². The van der Waals surface area contributed by atoms with E-state index in [1.165, 1.54) is 0 Å². The Hall–Kier alpha value is -1.09. The zero-order valence-electron chi connectivity index (χ0n) is 8.20. The van der Waals surface area contributed by atoms with Gasteiger partial charge in [0.25, 0.3) is 0 Å². The van der Waals surface area contributed by atoms with E-state index in [4.69, 9.17) is 11.5 Å². The maximum atomic E-state index is 5.94. The number of hydrogen-bond donors (Lipinski definition) is 2. The second kappa shape index (κ2) is 4.23. The van der Waals surface area contributed by atoms with Crippen LogP contribution in [-0.2, 0) is 6.42 Å². The topological polar surface area (TPSA) is 64.9 Å². The molecule has 0 aliphatic carbocycles. The van der Waals surface area contributed by atoms with Crippen LogP contribution in [0.2, 0.25) is 0 Å². The molecule has 1 rings (SSSR count). The molecule has 3 nitrogen and oxygen atoms in total. The fourth-order valence-corrected chi connectivity index (χ4v) is 1.13. The molecule has 1 heterocycles. The highest BCUT2D eigenvalue weighted by atomic mass is 14.8. The van der Waals surface area contributed by atoms with Crippen molar-refractivity contribution in [3.05, 3.63) is 23.9 Å². The number of nitrogen functional groups attached to an aromatic ring is 1. The summed E-state index contributed by atoms with van der Waals surface area (Å²) in [5.41, 5.74) is 12.7. The van der Waals surface area contributed by atoms with Crippen molar-refractivity contribution in [2.24, 2.45) is 11.7 Å². The van der Waals surface area contributed by atoms with Gasteiger partial charge < -0.3 is 11.5 Å². The van der Waals surface area contributed by atoms with Crippen molar-refractivity contribution < 1.29 is 0 Å². The number of hydrogen-bond acceptors (Lipinski definition) is 3. The summed E-state index contributed by atoms with van der Waals surface area (Å²) in [5.74, 6) is 1.06. The van der Waals surface area contributed by atoms with Crippen LogP contribution in [0.1, 0.15) is 19.4 Å². The molecule has 1 atom stereocenters. The summed E-state index contributed by atoms with van der Waals surface area (Å²) in [6, 6.07) is 4.03. The van der Waals surface area contributed by atoms with E-state index in [-0.39, 0.29) is 6.04 Å². The third-order valence-electron chi connectivity index (χ3n) is 2.17. The zero-order valence-corrected chi connectivity index (χ0v) is 8.20. The largest absolute Gasteiger partial charge is 0.384 e. The predicted octanol–water partition coefficient (Wildman–Crippen LogP) is 1.19. The van der Waals surface area contributed by atoms with Gasteiger partial charge in [0.1, 0.15) is 5.82 Å². The molecule has 0 amide bonds. The Bertz CT molecular complexity index is 271. The van der Waals surface area contributed by atoms with Gasteiger partial charge in [0, 0.05) is 12.2 Å². The monoisotopic (exact) mass is 179 g/mol. The van der Waals surface area contributed by atoms with Crippen LogP contribution in [0, 0.1) is 5.92 Å². The summed E-state index contributed by atoms with van der Waals surface area (Å²) in [6.07, 6.45) is 2.59. The van der Waals surface area contributed by atoms with Crippen molar-refractivity contribution in [1.29, 1.82) is 0 Å². The molecule has 72 valence electrons. The first-order valence-electron chi connectivity index (χ1n) is 4.55. The predicted molar refractivity (Wildman–Crippen MR) is 55.2 cm³/mol. The molecule has 1 aromatic heterocycles. The number of nitrogens with zero attached hydrogens (tertiary/aromatic N) is 1. The Morgan fingerprint density at radius 1 is 1.46 bits per heavy atom. The molecular weight excluding hydrogens is 162 g/mol. The highest BCUT2D eigenvalue weighted by Crippen LogP contribution is 2.09. The lowest BCUT2D eigenvalue weighted by atomic mass is 9.98. The Morgan fingerprint density at radius 2 is 2.15 bits per heavy atom. The molecule has 0 saturated carbocycles. The summed E-state index contributed by atoms with van der Waals surface area (Å²) in [6.45, 7) is 4.24. The van der Waals surface area contributed by atoms with Gasteiger partial charge in [-0.25, -0.2) is 4.98 Å². The van der Waals surface area contributed by atoms with Gasteiger partial charge in [0.2, 0.25) is 0 Å². The van der Waals surface area contributed by atoms with Gasteiger partial charge in [0.05, 0.1) is 0 Å². The molecule has 0 aliphatic heterocycles. The lowest BCUT2D eigenvalue weighted by Gasteiger charge is -2.15. The standard InChI is InChI=1S/C10H17N3/c1-7(2)9(11)5-8-3-4-13-10(12)6-8/h3-4,6-7,9H,5,11H2,1-2H3,(H2,12,13). The molecule has 4 N–H and O–H groups in total. The second-order valence-corrected chi connectivity index (χ2v) is 3.70. The van der Waals surface area contributed by atoms with Gasteiger partial charge in [-0.3, -0.25) is 0 Å². The third-order valence-corrected chi connectivity index (χ3v) is 2.17. The molecule has 1 unspecified atom stereocenters. The Labute approximate surface area is 79.2 Å². The summed E-state index contributed by atoms with van der Waals surface area (Å²) in [4.78, 5) is 3.93. The van der Waals surface area contributed by atoms with Crippen LogP contribution in [0.4, 0.5) is 5.82 Å². The first-order valence-corrected chi connectivity index (χ1v) is 4.55. The first kappa shape index (κ1) is 9.99. The summed E-state index contributed by atoms with van der Waals surface area (Å²) in [7, 11) is 0. The molecule has 0 radical (unpaired) electrons. The average Bonchev–Trinajstić information content (AvgIpc) is 2.04. The van der Waals surface area contributed by atoms with Crippen LogP contribution in [0.5, 0.6) is 0 Å².